The van der Waals surface area contributed by atoms with Gasteiger partial charge in [-0.05, 0) is 48.6 Å². The molecule has 2 unspecified atom stereocenters. The molecule has 18 heavy (non-hydrogen) atoms. The first-order chi connectivity index (χ1) is 8.66. The molecular formula is C15H17BrO2. The molecule has 0 bridgehead atoms. The monoisotopic (exact) mass is 308 g/mol. The topological polar surface area (TPSA) is 40.5 Å². The summed E-state index contributed by atoms with van der Waals surface area (Å²) < 4.78 is 0.989. The Labute approximate surface area is 116 Å². The summed E-state index contributed by atoms with van der Waals surface area (Å²) in [6, 6.07) is 7.54. The van der Waals surface area contributed by atoms with E-state index in [1.165, 1.54) is 0 Å². The van der Waals surface area contributed by atoms with Crippen LogP contribution in [0.2, 0.25) is 0 Å². The lowest BCUT2D eigenvalue weighted by molar-refractivity contribution is 0.178. The van der Waals surface area contributed by atoms with E-state index in [0.29, 0.717) is 0 Å². The fraction of sp³-hybridized carbons (Fsp3) is 0.400. The van der Waals surface area contributed by atoms with Crippen molar-refractivity contribution in [1.82, 2.24) is 0 Å². The quantitative estimate of drug-likeness (QED) is 0.821. The Morgan fingerprint density at radius 3 is 2.67 bits per heavy atom. The third-order valence-corrected chi connectivity index (χ3v) is 3.74. The molecule has 0 saturated heterocycles. The summed E-state index contributed by atoms with van der Waals surface area (Å²) in [6.45, 7) is 0. The maximum Gasteiger partial charge on any atom is 0.104 e. The number of benzene rings is 1. The van der Waals surface area contributed by atoms with Gasteiger partial charge in [-0.15, -0.1) is 5.73 Å². The van der Waals surface area contributed by atoms with E-state index in [1.807, 2.05) is 24.3 Å². The van der Waals surface area contributed by atoms with Gasteiger partial charge in [0.2, 0.25) is 0 Å². The van der Waals surface area contributed by atoms with Crippen LogP contribution in [0.4, 0.5) is 0 Å². The van der Waals surface area contributed by atoms with Gasteiger partial charge in [-0.25, -0.2) is 0 Å². The first-order valence-corrected chi connectivity index (χ1v) is 7.03. The summed E-state index contributed by atoms with van der Waals surface area (Å²) in [5.41, 5.74) is 4.81. The van der Waals surface area contributed by atoms with E-state index < -0.39 is 6.10 Å². The van der Waals surface area contributed by atoms with E-state index in [-0.39, 0.29) is 6.10 Å². The van der Waals surface area contributed by atoms with Gasteiger partial charge in [-0.3, -0.25) is 0 Å². The molecule has 0 heterocycles. The standard InChI is InChI=1S/C15H17BrO2/c16-13-8-5-12(6-9-13)15(18)10-7-11-3-1-2-4-14(11)17/h5-6,8-10,14-15,17-18H,1-4H2. The highest BCUT2D eigenvalue weighted by Crippen LogP contribution is 2.23. The smallest absolute Gasteiger partial charge is 0.104 e. The van der Waals surface area contributed by atoms with Crippen LogP contribution < -0.4 is 0 Å². The summed E-state index contributed by atoms with van der Waals surface area (Å²) in [7, 11) is 0. The van der Waals surface area contributed by atoms with Crippen molar-refractivity contribution in [2.45, 2.75) is 37.9 Å². The van der Waals surface area contributed by atoms with Gasteiger partial charge in [-0.2, -0.15) is 0 Å². The van der Waals surface area contributed by atoms with Crippen LogP contribution in [0, 0.1) is 0 Å². The van der Waals surface area contributed by atoms with Crippen LogP contribution >= 0.6 is 15.9 Å². The van der Waals surface area contributed by atoms with Gasteiger partial charge in [0.05, 0.1) is 6.10 Å². The van der Waals surface area contributed by atoms with Crippen molar-refractivity contribution in [3.8, 4) is 0 Å². The maximum atomic E-state index is 10.00. The lowest BCUT2D eigenvalue weighted by atomic mass is 9.92. The van der Waals surface area contributed by atoms with Crippen molar-refractivity contribution in [2.24, 2.45) is 0 Å². The summed E-state index contributed by atoms with van der Waals surface area (Å²) >= 11 is 3.36. The number of halogens is 1. The van der Waals surface area contributed by atoms with Crippen LogP contribution in [0.15, 0.2) is 46.1 Å². The van der Waals surface area contributed by atoms with Gasteiger partial charge in [0, 0.05) is 4.47 Å². The molecule has 1 aliphatic rings. The molecule has 3 heteroatoms. The Balaban J connectivity index is 2.12. The van der Waals surface area contributed by atoms with E-state index in [0.717, 1.165) is 41.3 Å². The fourth-order valence-corrected chi connectivity index (χ4v) is 2.37. The van der Waals surface area contributed by atoms with Crippen LogP contribution in [0.3, 0.4) is 0 Å². The molecule has 0 spiro atoms. The average Bonchev–Trinajstić information content (AvgIpc) is 2.38. The van der Waals surface area contributed by atoms with Gasteiger partial charge < -0.3 is 10.2 Å². The molecule has 0 radical (unpaired) electrons. The molecule has 96 valence electrons. The predicted octanol–water partition coefficient (Wildman–Crippen LogP) is 3.50. The normalized spacial score (nSPS) is 21.3. The number of hydrogen-bond donors (Lipinski definition) is 2. The van der Waals surface area contributed by atoms with Crippen molar-refractivity contribution in [3.05, 3.63) is 51.7 Å². The summed E-state index contributed by atoms with van der Waals surface area (Å²) in [4.78, 5) is 0. The summed E-state index contributed by atoms with van der Waals surface area (Å²) in [6.07, 6.45) is 4.44. The first-order valence-electron chi connectivity index (χ1n) is 6.24. The summed E-state index contributed by atoms with van der Waals surface area (Å²) in [5, 5.41) is 19.8. The number of aliphatic hydroxyl groups excluding tert-OH is 2. The Morgan fingerprint density at radius 1 is 1.28 bits per heavy atom. The van der Waals surface area contributed by atoms with Crippen LogP contribution in [-0.2, 0) is 0 Å². The Kier molecular flexibility index (Phi) is 4.79. The molecule has 2 rings (SSSR count). The van der Waals surface area contributed by atoms with Crippen molar-refractivity contribution >= 4 is 15.9 Å². The van der Waals surface area contributed by atoms with Crippen LogP contribution in [0.1, 0.15) is 37.4 Å². The van der Waals surface area contributed by atoms with Crippen molar-refractivity contribution in [1.29, 1.82) is 0 Å². The third-order valence-electron chi connectivity index (χ3n) is 3.21. The molecule has 0 amide bonds. The minimum Gasteiger partial charge on any atom is -0.388 e. The molecule has 1 aromatic rings. The molecule has 1 aliphatic carbocycles. The highest BCUT2D eigenvalue weighted by Gasteiger charge is 2.15. The molecule has 1 fully saturated rings. The minimum absolute atomic E-state index is 0.382. The van der Waals surface area contributed by atoms with Gasteiger partial charge in [0.15, 0.2) is 0 Å². The molecule has 0 aromatic heterocycles. The van der Waals surface area contributed by atoms with Crippen LogP contribution in [0.5, 0.6) is 0 Å². The van der Waals surface area contributed by atoms with E-state index in [9.17, 15) is 10.2 Å². The highest BCUT2D eigenvalue weighted by molar-refractivity contribution is 9.10. The molecular weight excluding hydrogens is 292 g/mol. The molecule has 2 atom stereocenters. The number of hydrogen-bond acceptors (Lipinski definition) is 2. The zero-order chi connectivity index (χ0) is 13.0. The second kappa shape index (κ2) is 6.35. The highest BCUT2D eigenvalue weighted by atomic mass is 79.9. The van der Waals surface area contributed by atoms with Gasteiger partial charge >= 0.3 is 0 Å². The van der Waals surface area contributed by atoms with Gasteiger partial charge in [0.1, 0.15) is 6.10 Å². The van der Waals surface area contributed by atoms with Crippen LogP contribution in [-0.4, -0.2) is 16.3 Å². The molecule has 2 nitrogen and oxygen atoms in total. The van der Waals surface area contributed by atoms with Gasteiger partial charge in [-0.1, -0.05) is 34.5 Å². The van der Waals surface area contributed by atoms with Crippen molar-refractivity contribution in [3.63, 3.8) is 0 Å². The molecule has 0 aliphatic heterocycles. The lowest BCUT2D eigenvalue weighted by Crippen LogP contribution is -2.14. The zero-order valence-electron chi connectivity index (χ0n) is 10.1. The largest absolute Gasteiger partial charge is 0.388 e. The van der Waals surface area contributed by atoms with E-state index in [2.05, 4.69) is 21.7 Å². The van der Waals surface area contributed by atoms with E-state index in [1.54, 1.807) is 6.08 Å². The molecule has 2 N–H and O–H groups in total. The van der Waals surface area contributed by atoms with Gasteiger partial charge in [0.25, 0.3) is 0 Å². The third kappa shape index (κ3) is 3.56. The second-order valence-corrected chi connectivity index (χ2v) is 5.51. The fourth-order valence-electron chi connectivity index (χ4n) is 2.10. The Hall–Kier alpha value is -0.860. The van der Waals surface area contributed by atoms with E-state index in [4.69, 9.17) is 0 Å². The SMILES string of the molecule is OC1CCCCC1=C=CC(O)c1ccc(Br)cc1. The number of aliphatic hydroxyl groups is 2. The first kappa shape index (κ1) is 13.6. The predicted molar refractivity (Wildman–Crippen MR) is 75.2 cm³/mol. The Morgan fingerprint density at radius 2 is 2.00 bits per heavy atom. The minimum atomic E-state index is -0.667. The second-order valence-electron chi connectivity index (χ2n) is 4.59. The maximum absolute atomic E-state index is 10.00. The summed E-state index contributed by atoms with van der Waals surface area (Å²) in [5.74, 6) is 0. The van der Waals surface area contributed by atoms with Crippen LogP contribution in [0.25, 0.3) is 0 Å². The van der Waals surface area contributed by atoms with Crippen molar-refractivity contribution in [2.75, 3.05) is 0 Å². The molecule has 1 aromatic carbocycles. The van der Waals surface area contributed by atoms with E-state index >= 15 is 0 Å². The average molecular weight is 309 g/mol. The lowest BCUT2D eigenvalue weighted by Gasteiger charge is -2.18. The van der Waals surface area contributed by atoms with Crippen molar-refractivity contribution < 1.29 is 10.2 Å². The Bertz CT molecular complexity index is 458. The number of rotatable bonds is 2. The zero-order valence-corrected chi connectivity index (χ0v) is 11.7. The molecule has 1 saturated carbocycles.